The van der Waals surface area contributed by atoms with Crippen LogP contribution >= 0.6 is 7.82 Å². The van der Waals surface area contributed by atoms with Crippen LogP contribution < -0.4 is 16.2 Å². The zero-order chi connectivity index (χ0) is 32.2. The van der Waals surface area contributed by atoms with Crippen molar-refractivity contribution in [1.29, 1.82) is 0 Å². The van der Waals surface area contributed by atoms with Gasteiger partial charge in [0.15, 0.2) is 11.2 Å². The maximum Gasteiger partial charge on any atom is 0.510 e. The van der Waals surface area contributed by atoms with Crippen molar-refractivity contribution in [3.8, 4) is 5.88 Å². The van der Waals surface area contributed by atoms with Gasteiger partial charge in [-0.2, -0.15) is 9.97 Å². The van der Waals surface area contributed by atoms with Crippen LogP contribution in [0.3, 0.4) is 0 Å². The van der Waals surface area contributed by atoms with E-state index in [1.54, 1.807) is 34.6 Å². The summed E-state index contributed by atoms with van der Waals surface area (Å²) >= 11 is 0. The van der Waals surface area contributed by atoms with Gasteiger partial charge in [0.05, 0.1) is 38.3 Å². The van der Waals surface area contributed by atoms with E-state index in [2.05, 4.69) is 15.0 Å². The SMILES string of the molecule is CCOc1nc(N)nc2c1ncn2C[C@H](O)[C@@](CN)(COP(=O)(OCOC(=O)OC(C)C)OCOC(=O)OC(C)C)OC. The van der Waals surface area contributed by atoms with Gasteiger partial charge >= 0.3 is 20.1 Å². The number of imidazole rings is 1. The van der Waals surface area contributed by atoms with Crippen molar-refractivity contribution in [1.82, 2.24) is 19.5 Å². The molecule has 0 bridgehead atoms. The summed E-state index contributed by atoms with van der Waals surface area (Å²) in [5, 5.41) is 11.2. The lowest BCUT2D eigenvalue weighted by molar-refractivity contribution is -0.130. The Morgan fingerprint density at radius 3 is 2.12 bits per heavy atom. The number of methoxy groups -OCH3 is 1. The number of ether oxygens (including phenoxy) is 6. The number of anilines is 1. The molecule has 5 N–H and O–H groups in total. The molecular formula is C23H39N6O13P. The number of carbonyl (C=O) groups is 2. The molecule has 0 radical (unpaired) electrons. The van der Waals surface area contributed by atoms with Crippen LogP contribution in [0.2, 0.25) is 0 Å². The molecule has 19 nitrogen and oxygen atoms in total. The summed E-state index contributed by atoms with van der Waals surface area (Å²) in [4.78, 5) is 35.8. The van der Waals surface area contributed by atoms with Crippen LogP contribution in [-0.4, -0.2) is 101 Å². The van der Waals surface area contributed by atoms with Crippen molar-refractivity contribution < 1.29 is 61.3 Å². The van der Waals surface area contributed by atoms with Gasteiger partial charge in [-0.1, -0.05) is 0 Å². The molecule has 2 rings (SSSR count). The first-order valence-electron chi connectivity index (χ1n) is 13.0. The molecule has 0 aliphatic heterocycles. The Hall–Kier alpha value is -3.32. The van der Waals surface area contributed by atoms with Crippen LogP contribution in [0.5, 0.6) is 5.88 Å². The average Bonchev–Trinajstić information content (AvgIpc) is 3.31. The van der Waals surface area contributed by atoms with Gasteiger partial charge in [-0.25, -0.2) is 28.2 Å². The lowest BCUT2D eigenvalue weighted by Gasteiger charge is -2.36. The summed E-state index contributed by atoms with van der Waals surface area (Å²) in [6.45, 7) is 5.30. The number of hydrogen-bond donors (Lipinski definition) is 3. The van der Waals surface area contributed by atoms with E-state index in [4.69, 9.17) is 53.5 Å². The van der Waals surface area contributed by atoms with E-state index in [1.165, 1.54) is 18.0 Å². The van der Waals surface area contributed by atoms with Crippen LogP contribution in [0.4, 0.5) is 15.5 Å². The van der Waals surface area contributed by atoms with E-state index < -0.39 is 64.2 Å². The minimum atomic E-state index is -4.68. The lowest BCUT2D eigenvalue weighted by Crippen LogP contribution is -2.55. The van der Waals surface area contributed by atoms with Gasteiger partial charge in [0.1, 0.15) is 11.7 Å². The predicted octanol–water partition coefficient (Wildman–Crippen LogP) is 1.71. The Balaban J connectivity index is 2.20. The molecule has 0 unspecified atom stereocenters. The second-order valence-corrected chi connectivity index (χ2v) is 10.9. The van der Waals surface area contributed by atoms with Gasteiger partial charge in [-0.3, -0.25) is 4.52 Å². The first-order chi connectivity index (χ1) is 20.3. The zero-order valence-corrected chi connectivity index (χ0v) is 25.7. The van der Waals surface area contributed by atoms with Crippen LogP contribution in [0.1, 0.15) is 34.6 Å². The fourth-order valence-electron chi connectivity index (χ4n) is 3.26. The smallest absolute Gasteiger partial charge is 0.476 e. The lowest BCUT2D eigenvalue weighted by atomic mass is 9.97. The number of nitrogens with zero attached hydrogens (tertiary/aromatic N) is 4. The number of aliphatic hydroxyl groups is 1. The molecule has 0 amide bonds. The van der Waals surface area contributed by atoms with Gasteiger partial charge < -0.3 is 49.6 Å². The maximum atomic E-state index is 13.4. The van der Waals surface area contributed by atoms with E-state index in [1.807, 2.05) is 0 Å². The highest BCUT2D eigenvalue weighted by Gasteiger charge is 2.42. The van der Waals surface area contributed by atoms with Crippen molar-refractivity contribution in [2.45, 2.75) is 65.1 Å². The number of rotatable bonds is 18. The third-order valence-electron chi connectivity index (χ3n) is 5.37. The number of nitrogens with two attached hydrogens (primary N) is 2. The first-order valence-corrected chi connectivity index (χ1v) is 14.5. The molecule has 0 saturated heterocycles. The van der Waals surface area contributed by atoms with E-state index >= 15 is 0 Å². The van der Waals surface area contributed by atoms with E-state index in [0.29, 0.717) is 12.1 Å². The number of fused-ring (bicyclic) bond motifs is 1. The molecule has 244 valence electrons. The molecule has 2 aromatic heterocycles. The quantitative estimate of drug-likeness (QED) is 0.119. The number of phosphoric ester groups is 1. The monoisotopic (exact) mass is 638 g/mol. The highest BCUT2D eigenvalue weighted by atomic mass is 31.2. The highest BCUT2D eigenvalue weighted by Crippen LogP contribution is 2.50. The van der Waals surface area contributed by atoms with Crippen molar-refractivity contribution >= 4 is 37.2 Å². The standard InChI is InChI=1S/C23H39N6O13P/c1-7-35-19-17-18(27-20(25)28-19)29(11-26-17)8-16(30)23(9-24,34-6)10-38-43(33,39-12-36-21(31)41-14(2)3)40-13-37-22(32)42-15(4)5/h11,14-16,30H,7-10,12-13,24H2,1-6H3,(H2,25,27,28)/t16-,23+/m0/s1. The molecule has 0 fully saturated rings. The number of aliphatic hydroxyl groups excluding tert-OH is 1. The van der Waals surface area contributed by atoms with Gasteiger partial charge in [-0.15, -0.1) is 0 Å². The van der Waals surface area contributed by atoms with Gasteiger partial charge in [-0.05, 0) is 34.6 Å². The van der Waals surface area contributed by atoms with E-state index in [9.17, 15) is 19.3 Å². The number of nitrogen functional groups attached to an aromatic ring is 1. The molecule has 0 saturated carbocycles. The first kappa shape index (κ1) is 35.9. The summed E-state index contributed by atoms with van der Waals surface area (Å²) in [6.07, 6.45) is -3.29. The summed E-state index contributed by atoms with van der Waals surface area (Å²) in [6, 6.07) is 0. The van der Waals surface area contributed by atoms with Crippen molar-refractivity contribution in [2.75, 3.05) is 46.2 Å². The molecule has 2 atom stereocenters. The van der Waals surface area contributed by atoms with Gasteiger partial charge in [0.25, 0.3) is 0 Å². The summed E-state index contributed by atoms with van der Waals surface area (Å²) < 4.78 is 60.3. The normalized spacial score (nSPS) is 14.0. The number of carbonyl (C=O) groups excluding carboxylic acids is 2. The molecule has 2 heterocycles. The Bertz CT molecular complexity index is 1210. The topological polar surface area (TPSA) is 250 Å². The van der Waals surface area contributed by atoms with Gasteiger partial charge in [0, 0.05) is 13.7 Å². The zero-order valence-electron chi connectivity index (χ0n) is 24.8. The average molecular weight is 639 g/mol. The second kappa shape index (κ2) is 16.5. The second-order valence-electron chi connectivity index (χ2n) is 9.21. The molecular weight excluding hydrogens is 599 g/mol. The fraction of sp³-hybridized carbons (Fsp3) is 0.696. The molecule has 43 heavy (non-hydrogen) atoms. The Kier molecular flexibility index (Phi) is 13.8. The van der Waals surface area contributed by atoms with Crippen molar-refractivity contribution in [3.63, 3.8) is 0 Å². The van der Waals surface area contributed by atoms with E-state index in [0.717, 1.165) is 0 Å². The van der Waals surface area contributed by atoms with Crippen LogP contribution in [-0.2, 0) is 48.4 Å². The van der Waals surface area contributed by atoms with E-state index in [-0.39, 0.29) is 30.6 Å². The number of phosphoric acid groups is 1. The van der Waals surface area contributed by atoms with Gasteiger partial charge in [0.2, 0.25) is 25.4 Å². The molecule has 0 aromatic carbocycles. The minimum absolute atomic E-state index is 0.0819. The summed E-state index contributed by atoms with van der Waals surface area (Å²) in [5.74, 6) is 0.0780. The highest BCUT2D eigenvalue weighted by molar-refractivity contribution is 7.48. The van der Waals surface area contributed by atoms with Crippen molar-refractivity contribution in [2.24, 2.45) is 5.73 Å². The van der Waals surface area contributed by atoms with Crippen LogP contribution in [0, 0.1) is 0 Å². The molecule has 20 heteroatoms. The van der Waals surface area contributed by atoms with Crippen molar-refractivity contribution in [3.05, 3.63) is 6.33 Å². The summed E-state index contributed by atoms with van der Waals surface area (Å²) in [5.41, 5.74) is 10.6. The van der Waals surface area contributed by atoms with Crippen LogP contribution in [0.15, 0.2) is 6.33 Å². The Labute approximate surface area is 247 Å². The third kappa shape index (κ3) is 10.7. The Morgan fingerprint density at radius 2 is 1.63 bits per heavy atom. The molecule has 0 aliphatic carbocycles. The number of hydrogen-bond acceptors (Lipinski definition) is 18. The summed E-state index contributed by atoms with van der Waals surface area (Å²) in [7, 11) is -3.44. The molecule has 0 spiro atoms. The number of aromatic nitrogens is 4. The molecule has 2 aromatic rings. The maximum absolute atomic E-state index is 13.4. The third-order valence-corrected chi connectivity index (χ3v) is 6.65. The fourth-order valence-corrected chi connectivity index (χ4v) is 4.22. The molecule has 0 aliphatic rings. The Morgan fingerprint density at radius 1 is 1.05 bits per heavy atom. The van der Waals surface area contributed by atoms with Crippen LogP contribution in [0.25, 0.3) is 11.2 Å². The minimum Gasteiger partial charge on any atom is -0.476 e. The predicted molar refractivity (Wildman–Crippen MR) is 147 cm³/mol. The largest absolute Gasteiger partial charge is 0.510 e.